The Labute approximate surface area is 85.8 Å². The number of rotatable bonds is 2. The van der Waals surface area contributed by atoms with Crippen LogP contribution < -0.4 is 0 Å². The molecule has 1 N–H and O–H groups in total. The zero-order valence-corrected chi connectivity index (χ0v) is 8.67. The number of aliphatic hydroxyl groups is 1. The predicted octanol–water partition coefficient (Wildman–Crippen LogP) is 2.39. The number of hydrogen-bond donors (Lipinski definition) is 1. The van der Waals surface area contributed by atoms with Crippen LogP contribution in [0.2, 0.25) is 0 Å². The Morgan fingerprint density at radius 2 is 2.14 bits per heavy atom. The molecule has 0 fully saturated rings. The monoisotopic (exact) mass is 187 g/mol. The Kier molecular flexibility index (Phi) is 3.73. The molecule has 0 saturated heterocycles. The van der Waals surface area contributed by atoms with E-state index in [9.17, 15) is 5.11 Å². The Morgan fingerprint density at radius 3 is 2.64 bits per heavy atom. The van der Waals surface area contributed by atoms with Gasteiger partial charge in [-0.2, -0.15) is 0 Å². The van der Waals surface area contributed by atoms with E-state index in [4.69, 9.17) is 0 Å². The normalized spacial score (nSPS) is 10.5. The van der Waals surface area contributed by atoms with Gasteiger partial charge in [0.1, 0.15) is 5.60 Å². The summed E-state index contributed by atoms with van der Waals surface area (Å²) in [4.78, 5) is 0. The maximum absolute atomic E-state index is 9.91. The van der Waals surface area contributed by atoms with Crippen LogP contribution >= 0.6 is 0 Å². The van der Waals surface area contributed by atoms with Crippen molar-refractivity contribution in [2.75, 3.05) is 0 Å². The minimum Gasteiger partial charge on any atom is -0.378 e. The standard InChI is InChI=1S/C13H15O/c1-3-13(14,4-2)11-10-12-8-6-5-7-9-12/h5-6,8-9,14H,3-4H2,1-2H3. The van der Waals surface area contributed by atoms with Gasteiger partial charge in [0.05, 0.1) is 0 Å². The Balaban J connectivity index is 2.82. The highest BCUT2D eigenvalue weighted by Crippen LogP contribution is 2.12. The van der Waals surface area contributed by atoms with E-state index in [0.29, 0.717) is 12.8 Å². The third kappa shape index (κ3) is 2.90. The van der Waals surface area contributed by atoms with Crippen LogP contribution in [0.15, 0.2) is 24.3 Å². The zero-order chi connectivity index (χ0) is 10.4. The summed E-state index contributed by atoms with van der Waals surface area (Å²) in [6, 6.07) is 10.4. The van der Waals surface area contributed by atoms with Gasteiger partial charge in [0.2, 0.25) is 0 Å². The van der Waals surface area contributed by atoms with Gasteiger partial charge in [-0.05, 0) is 31.0 Å². The average molecular weight is 187 g/mol. The van der Waals surface area contributed by atoms with Crippen molar-refractivity contribution in [2.45, 2.75) is 32.3 Å². The largest absolute Gasteiger partial charge is 0.378 e. The molecule has 0 bridgehead atoms. The molecule has 0 atom stereocenters. The maximum Gasteiger partial charge on any atom is 0.125 e. The molecule has 0 aliphatic rings. The fraction of sp³-hybridized carbons (Fsp3) is 0.385. The first kappa shape index (κ1) is 10.8. The van der Waals surface area contributed by atoms with Crippen molar-refractivity contribution >= 4 is 0 Å². The third-order valence-corrected chi connectivity index (χ3v) is 2.32. The first-order chi connectivity index (χ1) is 6.70. The smallest absolute Gasteiger partial charge is 0.125 e. The summed E-state index contributed by atoms with van der Waals surface area (Å²) in [5.74, 6) is 5.85. The van der Waals surface area contributed by atoms with Gasteiger partial charge in [0, 0.05) is 5.56 Å². The van der Waals surface area contributed by atoms with E-state index in [1.54, 1.807) is 0 Å². The molecule has 0 heterocycles. The summed E-state index contributed by atoms with van der Waals surface area (Å²) in [7, 11) is 0. The summed E-state index contributed by atoms with van der Waals surface area (Å²) in [6.07, 6.45) is 1.32. The summed E-state index contributed by atoms with van der Waals surface area (Å²) in [5, 5.41) is 9.91. The van der Waals surface area contributed by atoms with Crippen molar-refractivity contribution in [3.05, 3.63) is 35.9 Å². The van der Waals surface area contributed by atoms with Gasteiger partial charge in [-0.15, -0.1) is 0 Å². The molecular formula is C13H15O. The van der Waals surface area contributed by atoms with E-state index in [2.05, 4.69) is 17.9 Å². The van der Waals surface area contributed by atoms with E-state index < -0.39 is 5.60 Å². The van der Waals surface area contributed by atoms with Crippen molar-refractivity contribution in [3.8, 4) is 11.8 Å². The highest BCUT2D eigenvalue weighted by Gasteiger charge is 2.17. The molecule has 1 rings (SSSR count). The molecule has 0 unspecified atom stereocenters. The molecule has 1 radical (unpaired) electrons. The Bertz CT molecular complexity index is 325. The third-order valence-electron chi connectivity index (χ3n) is 2.32. The molecule has 0 aromatic heterocycles. The van der Waals surface area contributed by atoms with Gasteiger partial charge in [0.25, 0.3) is 0 Å². The number of hydrogen-bond acceptors (Lipinski definition) is 1. The van der Waals surface area contributed by atoms with Crippen molar-refractivity contribution in [3.63, 3.8) is 0 Å². The van der Waals surface area contributed by atoms with Crippen molar-refractivity contribution < 1.29 is 5.11 Å². The maximum atomic E-state index is 9.91. The van der Waals surface area contributed by atoms with Crippen LogP contribution in [0.4, 0.5) is 0 Å². The van der Waals surface area contributed by atoms with Gasteiger partial charge in [-0.25, -0.2) is 0 Å². The van der Waals surface area contributed by atoms with Crippen LogP contribution in [0, 0.1) is 17.9 Å². The molecule has 0 aliphatic carbocycles. The lowest BCUT2D eigenvalue weighted by Crippen LogP contribution is -2.23. The summed E-state index contributed by atoms with van der Waals surface area (Å²) >= 11 is 0. The van der Waals surface area contributed by atoms with Gasteiger partial charge >= 0.3 is 0 Å². The van der Waals surface area contributed by atoms with E-state index in [1.807, 2.05) is 38.1 Å². The second-order valence-corrected chi connectivity index (χ2v) is 3.28. The molecule has 1 aromatic carbocycles. The second-order valence-electron chi connectivity index (χ2n) is 3.28. The molecule has 0 spiro atoms. The highest BCUT2D eigenvalue weighted by molar-refractivity contribution is 5.35. The number of benzene rings is 1. The Morgan fingerprint density at radius 1 is 1.43 bits per heavy atom. The molecule has 0 saturated carbocycles. The fourth-order valence-corrected chi connectivity index (χ4v) is 1.09. The van der Waals surface area contributed by atoms with Crippen LogP contribution in [-0.2, 0) is 0 Å². The van der Waals surface area contributed by atoms with Crippen LogP contribution in [0.3, 0.4) is 0 Å². The zero-order valence-electron chi connectivity index (χ0n) is 8.67. The minimum absolute atomic E-state index is 0.660. The van der Waals surface area contributed by atoms with E-state index in [-0.39, 0.29) is 0 Å². The molecule has 73 valence electrons. The summed E-state index contributed by atoms with van der Waals surface area (Å²) in [6.45, 7) is 3.88. The second kappa shape index (κ2) is 4.83. The minimum atomic E-state index is -0.837. The quantitative estimate of drug-likeness (QED) is 0.705. The van der Waals surface area contributed by atoms with Gasteiger partial charge in [0.15, 0.2) is 0 Å². The van der Waals surface area contributed by atoms with E-state index in [1.165, 1.54) is 0 Å². The summed E-state index contributed by atoms with van der Waals surface area (Å²) in [5.41, 5.74) is 0.0587. The van der Waals surface area contributed by atoms with Crippen molar-refractivity contribution in [1.29, 1.82) is 0 Å². The topological polar surface area (TPSA) is 20.2 Å². The van der Waals surface area contributed by atoms with E-state index >= 15 is 0 Å². The average Bonchev–Trinajstić information content (AvgIpc) is 2.27. The molecule has 1 heteroatoms. The fourth-order valence-electron chi connectivity index (χ4n) is 1.09. The van der Waals surface area contributed by atoms with Gasteiger partial charge in [-0.1, -0.05) is 37.8 Å². The molecular weight excluding hydrogens is 172 g/mol. The Hall–Kier alpha value is -1.26. The highest BCUT2D eigenvalue weighted by atomic mass is 16.3. The van der Waals surface area contributed by atoms with E-state index in [0.717, 1.165) is 5.56 Å². The van der Waals surface area contributed by atoms with Gasteiger partial charge in [-0.3, -0.25) is 0 Å². The van der Waals surface area contributed by atoms with Crippen molar-refractivity contribution in [2.24, 2.45) is 0 Å². The first-order valence-corrected chi connectivity index (χ1v) is 4.92. The molecule has 0 amide bonds. The summed E-state index contributed by atoms with van der Waals surface area (Å²) < 4.78 is 0. The molecule has 1 aromatic rings. The van der Waals surface area contributed by atoms with Crippen LogP contribution in [0.25, 0.3) is 0 Å². The lowest BCUT2D eigenvalue weighted by atomic mass is 9.98. The SMILES string of the molecule is CCC(O)(C#Cc1c[c]ccc1)CC. The molecule has 0 aliphatic heterocycles. The van der Waals surface area contributed by atoms with Crippen LogP contribution in [0.1, 0.15) is 32.3 Å². The van der Waals surface area contributed by atoms with Crippen LogP contribution in [-0.4, -0.2) is 10.7 Å². The lowest BCUT2D eigenvalue weighted by molar-refractivity contribution is 0.0931. The molecule has 14 heavy (non-hydrogen) atoms. The predicted molar refractivity (Wildman–Crippen MR) is 57.7 cm³/mol. The van der Waals surface area contributed by atoms with Crippen LogP contribution in [0.5, 0.6) is 0 Å². The van der Waals surface area contributed by atoms with Crippen molar-refractivity contribution in [1.82, 2.24) is 0 Å². The van der Waals surface area contributed by atoms with Gasteiger partial charge < -0.3 is 5.11 Å². The molecule has 1 nitrogen and oxygen atoms in total. The first-order valence-electron chi connectivity index (χ1n) is 4.92. The lowest BCUT2D eigenvalue weighted by Gasteiger charge is -2.16.